The molecule has 0 N–H and O–H groups in total. The van der Waals surface area contributed by atoms with Gasteiger partial charge in [-0.25, -0.2) is 0 Å². The van der Waals surface area contributed by atoms with Crippen molar-refractivity contribution in [2.75, 3.05) is 0 Å². The van der Waals surface area contributed by atoms with Gasteiger partial charge in [0, 0.05) is 43.7 Å². The normalized spacial score (nSPS) is 14.2. The van der Waals surface area contributed by atoms with E-state index in [1.54, 1.807) is 0 Å². The van der Waals surface area contributed by atoms with Gasteiger partial charge < -0.3 is 9.05 Å². The first-order valence-electron chi connectivity index (χ1n) is 15.3. The molecule has 0 unspecified atom stereocenters. The summed E-state index contributed by atoms with van der Waals surface area (Å²) in [5, 5.41) is 15.6. The number of fused-ring (bicyclic) bond motifs is 12. The van der Waals surface area contributed by atoms with Crippen LogP contribution in [0.25, 0.3) is 60.4 Å². The van der Waals surface area contributed by atoms with Crippen LogP contribution in [-0.2, 0) is 5.41 Å². The van der Waals surface area contributed by atoms with Crippen LogP contribution < -0.4 is 10.9 Å². The number of hydrogen-bond donors (Lipinski definition) is 0. The van der Waals surface area contributed by atoms with Gasteiger partial charge in [-0.1, -0.05) is 111 Å². The lowest BCUT2D eigenvalue weighted by Crippen LogP contribution is -2.54. The van der Waals surface area contributed by atoms with Crippen LogP contribution in [-0.4, -0.2) is 15.9 Å². The smallest absolute Gasteiger partial charge is 0.333 e. The fourth-order valence-corrected chi connectivity index (χ4v) is 8.67. The lowest BCUT2D eigenvalue weighted by molar-refractivity contribution is 0.664. The van der Waals surface area contributed by atoms with Gasteiger partial charge in [0.15, 0.2) is 0 Å². The molecule has 8 aromatic rings. The van der Waals surface area contributed by atoms with Gasteiger partial charge in [0.25, 0.3) is 0 Å². The molecule has 0 bridgehead atoms. The van der Waals surface area contributed by atoms with Crippen LogP contribution in [0.4, 0.5) is 0 Å². The molecule has 1 aliphatic carbocycles. The summed E-state index contributed by atoms with van der Waals surface area (Å²) in [5.41, 5.74) is 14.1. The number of hydrogen-bond acceptors (Lipinski definition) is 1. The van der Waals surface area contributed by atoms with Crippen molar-refractivity contribution in [1.82, 2.24) is 9.05 Å². The minimum Gasteiger partial charge on any atom is -0.376 e. The highest BCUT2D eigenvalue weighted by Crippen LogP contribution is 2.52. The first-order chi connectivity index (χ1) is 21.6. The highest BCUT2D eigenvalue weighted by Gasteiger charge is 2.42. The maximum Gasteiger partial charge on any atom is 0.333 e. The zero-order valence-electron chi connectivity index (χ0n) is 24.5. The number of benzene rings is 6. The van der Waals surface area contributed by atoms with Crippen LogP contribution in [0.3, 0.4) is 0 Å². The highest BCUT2D eigenvalue weighted by atomic mass is 15.0. The first kappa shape index (κ1) is 24.0. The Hall–Kier alpha value is -5.53. The van der Waals surface area contributed by atoms with Gasteiger partial charge in [0.05, 0.1) is 22.7 Å². The van der Waals surface area contributed by atoms with Crippen LogP contribution >= 0.6 is 0 Å². The summed E-state index contributed by atoms with van der Waals surface area (Å²) in [4.78, 5) is 0. The zero-order chi connectivity index (χ0) is 29.3. The van der Waals surface area contributed by atoms with Crippen LogP contribution in [0.1, 0.15) is 30.5 Å². The molecular formula is C40H26BN3. The van der Waals surface area contributed by atoms with E-state index in [0.717, 1.165) is 16.5 Å². The van der Waals surface area contributed by atoms with Crippen molar-refractivity contribution < 1.29 is 0 Å². The molecule has 204 valence electrons. The predicted octanol–water partition coefficient (Wildman–Crippen LogP) is 8.04. The first-order valence-corrected chi connectivity index (χ1v) is 15.3. The fourth-order valence-electron chi connectivity index (χ4n) is 8.67. The summed E-state index contributed by atoms with van der Waals surface area (Å²) in [5.74, 6) is 0. The molecule has 0 amide bonds. The van der Waals surface area contributed by atoms with Crippen molar-refractivity contribution in [2.45, 2.75) is 19.3 Å². The van der Waals surface area contributed by atoms with E-state index in [2.05, 4.69) is 144 Å². The molecule has 4 heteroatoms. The maximum atomic E-state index is 10.7. The Bertz CT molecular complexity index is 2610. The third-order valence-corrected chi connectivity index (χ3v) is 10.4. The molecule has 0 fully saturated rings. The summed E-state index contributed by atoms with van der Waals surface area (Å²) in [6, 6.07) is 46.6. The lowest BCUT2D eigenvalue weighted by Gasteiger charge is -2.30. The second-order valence-electron chi connectivity index (χ2n) is 12.8. The topological polar surface area (TPSA) is 33.6 Å². The molecule has 2 aromatic heterocycles. The van der Waals surface area contributed by atoms with Gasteiger partial charge in [-0.2, -0.15) is 5.26 Å². The molecule has 1 aliphatic heterocycles. The maximum absolute atomic E-state index is 10.7. The number of rotatable bonds is 1. The van der Waals surface area contributed by atoms with Crippen molar-refractivity contribution in [2.24, 2.45) is 0 Å². The minimum atomic E-state index is -0.190. The van der Waals surface area contributed by atoms with Crippen molar-refractivity contribution in [1.29, 1.82) is 5.26 Å². The lowest BCUT2D eigenvalue weighted by atomic mass is 9.47. The summed E-state index contributed by atoms with van der Waals surface area (Å²) in [6.45, 7) is 4.55. The van der Waals surface area contributed by atoms with E-state index in [9.17, 15) is 5.26 Å². The average molecular weight is 559 g/mol. The number of nitriles is 1. The van der Waals surface area contributed by atoms with Crippen molar-refractivity contribution in [3.05, 3.63) is 138 Å². The summed E-state index contributed by atoms with van der Waals surface area (Å²) >= 11 is 0. The Balaban J connectivity index is 1.45. The molecule has 44 heavy (non-hydrogen) atoms. The molecule has 3 heterocycles. The Morgan fingerprint density at radius 2 is 1.27 bits per heavy atom. The molecule has 0 saturated heterocycles. The third-order valence-electron chi connectivity index (χ3n) is 10.4. The van der Waals surface area contributed by atoms with Gasteiger partial charge in [-0.3, -0.25) is 0 Å². The standard InChI is InChI=1S/C40H26BN3/c1-40(2)31-14-6-3-11-25(31)28-21-22-29-27-13-5-9-17-34(27)44(38(29)36(28)40)41-32-15-7-10-18-35(32)43-33-16-8-4-12-26(33)30-20-19-24(23-42)37(41)39(30)43/h3-22H,1-2H3. The zero-order valence-corrected chi connectivity index (χ0v) is 24.5. The summed E-state index contributed by atoms with van der Waals surface area (Å²) in [6.07, 6.45) is 0. The Labute approximate surface area is 255 Å². The van der Waals surface area contributed by atoms with Crippen LogP contribution in [0.5, 0.6) is 0 Å². The molecule has 10 rings (SSSR count). The Morgan fingerprint density at radius 3 is 2.11 bits per heavy atom. The molecule has 2 aliphatic rings. The molecule has 6 aromatic carbocycles. The van der Waals surface area contributed by atoms with E-state index in [4.69, 9.17) is 0 Å². The molecule has 0 saturated carbocycles. The van der Waals surface area contributed by atoms with Crippen LogP contribution in [0.2, 0.25) is 0 Å². The Kier molecular flexibility index (Phi) is 4.41. The monoisotopic (exact) mass is 559 g/mol. The predicted molar refractivity (Wildman–Crippen MR) is 183 cm³/mol. The number of aromatic nitrogens is 2. The molecule has 0 radical (unpaired) electrons. The minimum absolute atomic E-state index is 0.185. The van der Waals surface area contributed by atoms with Crippen molar-refractivity contribution >= 4 is 61.4 Å². The van der Waals surface area contributed by atoms with Gasteiger partial charge in [0.2, 0.25) is 0 Å². The fraction of sp³-hybridized carbons (Fsp3) is 0.0750. The third kappa shape index (κ3) is 2.70. The molecular weight excluding hydrogens is 533 g/mol. The molecule has 0 atom stereocenters. The second kappa shape index (κ2) is 8.10. The number of para-hydroxylation sites is 3. The summed E-state index contributed by atoms with van der Waals surface area (Å²) < 4.78 is 4.97. The van der Waals surface area contributed by atoms with E-state index < -0.39 is 0 Å². The van der Waals surface area contributed by atoms with Crippen molar-refractivity contribution in [3.8, 4) is 22.9 Å². The Morgan fingerprint density at radius 1 is 0.614 bits per heavy atom. The quantitative estimate of drug-likeness (QED) is 0.188. The van der Waals surface area contributed by atoms with Crippen LogP contribution in [0.15, 0.2) is 121 Å². The molecule has 0 spiro atoms. The van der Waals surface area contributed by atoms with E-state index in [0.29, 0.717) is 0 Å². The molecule has 3 nitrogen and oxygen atoms in total. The average Bonchev–Trinajstić information content (AvgIpc) is 3.66. The van der Waals surface area contributed by atoms with E-state index in [1.807, 2.05) is 6.07 Å². The van der Waals surface area contributed by atoms with Gasteiger partial charge >= 0.3 is 6.85 Å². The van der Waals surface area contributed by atoms with E-state index in [-0.39, 0.29) is 12.3 Å². The van der Waals surface area contributed by atoms with Gasteiger partial charge in [-0.05, 0) is 57.4 Å². The second-order valence-corrected chi connectivity index (χ2v) is 12.8. The number of nitrogens with zero attached hydrogens (tertiary/aromatic N) is 3. The highest BCUT2D eigenvalue weighted by molar-refractivity contribution is 6.88. The van der Waals surface area contributed by atoms with E-state index in [1.165, 1.54) is 71.5 Å². The van der Waals surface area contributed by atoms with Gasteiger partial charge in [-0.15, -0.1) is 0 Å². The summed E-state index contributed by atoms with van der Waals surface area (Å²) in [7, 11) is 0. The van der Waals surface area contributed by atoms with Crippen LogP contribution in [0, 0.1) is 11.3 Å². The van der Waals surface area contributed by atoms with Crippen molar-refractivity contribution in [3.63, 3.8) is 0 Å². The SMILES string of the molecule is CC1(C)c2ccccc2-c2ccc3c4ccccc4n(B4c5ccccc5-n5c6ccccc6c6ccc(C#N)c4c65)c3c21. The van der Waals surface area contributed by atoms with E-state index >= 15 is 0 Å². The van der Waals surface area contributed by atoms with Gasteiger partial charge in [0.1, 0.15) is 0 Å². The largest absolute Gasteiger partial charge is 0.376 e.